The lowest BCUT2D eigenvalue weighted by Crippen LogP contribution is -2.22. The number of H-pyrrole nitrogens is 1. The van der Waals surface area contributed by atoms with Gasteiger partial charge in [0.25, 0.3) is 5.16 Å². The van der Waals surface area contributed by atoms with Crippen LogP contribution in [0.1, 0.15) is 56.4 Å². The zero-order chi connectivity index (χ0) is 19.0. The summed E-state index contributed by atoms with van der Waals surface area (Å²) in [6, 6.07) is 4.09. The molecular weight excluding hydrogens is 338 g/mol. The summed E-state index contributed by atoms with van der Waals surface area (Å²) in [6.45, 7) is 12.5. The van der Waals surface area contributed by atoms with E-state index in [0.717, 1.165) is 16.7 Å². The Hall–Kier alpha value is -1.89. The minimum absolute atomic E-state index is 0.00325. The van der Waals surface area contributed by atoms with E-state index in [4.69, 9.17) is 0 Å². The van der Waals surface area contributed by atoms with Crippen LogP contribution in [0.25, 0.3) is 0 Å². The van der Waals surface area contributed by atoms with Gasteiger partial charge in [0.05, 0.1) is 5.75 Å². The molecule has 0 unspecified atom stereocenters. The van der Waals surface area contributed by atoms with E-state index in [-0.39, 0.29) is 16.3 Å². The highest BCUT2D eigenvalue weighted by atomic mass is 32.2. The molecular formula is C18H27N3O3S. The lowest BCUT2D eigenvalue weighted by atomic mass is 9.84. The molecule has 138 valence electrons. The SMILES string of the molecule is CCCn1c(S(=O)(=O)Cc2c(C)cc(C(C)(C)C)cc2C)n[nH]c1=O. The van der Waals surface area contributed by atoms with Crippen LogP contribution in [0.2, 0.25) is 0 Å². The monoisotopic (exact) mass is 365 g/mol. The van der Waals surface area contributed by atoms with E-state index in [1.54, 1.807) is 0 Å². The summed E-state index contributed by atoms with van der Waals surface area (Å²) in [5.41, 5.74) is 3.33. The number of benzene rings is 1. The number of rotatable bonds is 5. The van der Waals surface area contributed by atoms with Crippen molar-refractivity contribution in [1.29, 1.82) is 0 Å². The second kappa shape index (κ2) is 6.78. The molecule has 1 aromatic heterocycles. The Morgan fingerprint density at radius 1 is 1.16 bits per heavy atom. The minimum Gasteiger partial charge on any atom is -0.266 e. The van der Waals surface area contributed by atoms with Crippen molar-refractivity contribution < 1.29 is 8.42 Å². The Morgan fingerprint density at radius 2 is 1.72 bits per heavy atom. The normalized spacial score (nSPS) is 12.6. The molecule has 0 radical (unpaired) electrons. The molecule has 0 aliphatic rings. The van der Waals surface area contributed by atoms with Gasteiger partial charge in [0, 0.05) is 6.54 Å². The summed E-state index contributed by atoms with van der Waals surface area (Å²) < 4.78 is 26.9. The fraction of sp³-hybridized carbons (Fsp3) is 0.556. The number of sulfone groups is 1. The average molecular weight is 365 g/mol. The molecule has 0 saturated heterocycles. The quantitative estimate of drug-likeness (QED) is 0.883. The first kappa shape index (κ1) is 19.4. The number of aryl methyl sites for hydroxylation is 2. The van der Waals surface area contributed by atoms with Gasteiger partial charge in [-0.1, -0.05) is 39.8 Å². The minimum atomic E-state index is -3.72. The summed E-state index contributed by atoms with van der Waals surface area (Å²) in [5.74, 6) is -0.164. The summed E-state index contributed by atoms with van der Waals surface area (Å²) in [5, 5.41) is 5.82. The highest BCUT2D eigenvalue weighted by molar-refractivity contribution is 7.90. The van der Waals surface area contributed by atoms with Gasteiger partial charge in [-0.15, -0.1) is 5.10 Å². The van der Waals surface area contributed by atoms with Crippen LogP contribution in [0.5, 0.6) is 0 Å². The van der Waals surface area contributed by atoms with E-state index in [9.17, 15) is 13.2 Å². The zero-order valence-corrected chi connectivity index (χ0v) is 16.6. The third-order valence-corrected chi connectivity index (χ3v) is 5.88. The average Bonchev–Trinajstić information content (AvgIpc) is 2.84. The van der Waals surface area contributed by atoms with Crippen molar-refractivity contribution >= 4 is 9.84 Å². The standard InChI is InChI=1S/C18H27N3O3S/c1-7-8-21-16(22)19-20-17(21)25(23,24)11-15-12(2)9-14(10-13(15)3)18(4,5)6/h9-10H,7-8,11H2,1-6H3,(H,19,22). The molecule has 1 N–H and O–H groups in total. The largest absolute Gasteiger partial charge is 0.344 e. The van der Waals surface area contributed by atoms with Gasteiger partial charge in [-0.3, -0.25) is 4.57 Å². The molecule has 0 amide bonds. The molecule has 7 heteroatoms. The number of hydrogen-bond donors (Lipinski definition) is 1. The second-order valence-electron chi connectivity index (χ2n) is 7.56. The van der Waals surface area contributed by atoms with E-state index in [2.05, 4.69) is 31.0 Å². The van der Waals surface area contributed by atoms with Crippen LogP contribution in [0.4, 0.5) is 0 Å². The molecule has 2 rings (SSSR count). The predicted molar refractivity (Wildman–Crippen MR) is 98.6 cm³/mol. The molecule has 0 spiro atoms. The van der Waals surface area contributed by atoms with E-state index in [1.165, 1.54) is 10.1 Å². The molecule has 25 heavy (non-hydrogen) atoms. The van der Waals surface area contributed by atoms with Crippen LogP contribution >= 0.6 is 0 Å². The summed E-state index contributed by atoms with van der Waals surface area (Å²) in [6.07, 6.45) is 0.653. The Bertz CT molecular complexity index is 908. The lowest BCUT2D eigenvalue weighted by Gasteiger charge is -2.22. The molecule has 1 aromatic carbocycles. The summed E-state index contributed by atoms with van der Waals surface area (Å²) >= 11 is 0. The van der Waals surface area contributed by atoms with E-state index >= 15 is 0 Å². The Labute approximate surface area is 149 Å². The van der Waals surface area contributed by atoms with E-state index in [1.807, 2.05) is 32.9 Å². The molecule has 6 nitrogen and oxygen atoms in total. The van der Waals surface area contributed by atoms with Crippen molar-refractivity contribution in [2.24, 2.45) is 0 Å². The molecule has 0 saturated carbocycles. The van der Waals surface area contributed by atoms with Crippen LogP contribution in [-0.4, -0.2) is 23.2 Å². The van der Waals surface area contributed by atoms with Crippen molar-refractivity contribution in [3.8, 4) is 0 Å². The van der Waals surface area contributed by atoms with Gasteiger partial charge in [-0.2, -0.15) is 0 Å². The first-order valence-corrected chi connectivity index (χ1v) is 10.1. The van der Waals surface area contributed by atoms with Gasteiger partial charge >= 0.3 is 5.69 Å². The van der Waals surface area contributed by atoms with Crippen molar-refractivity contribution in [1.82, 2.24) is 14.8 Å². The number of nitrogens with one attached hydrogen (secondary N) is 1. The fourth-order valence-electron chi connectivity index (χ4n) is 2.87. The molecule has 0 bridgehead atoms. The van der Waals surface area contributed by atoms with Crippen LogP contribution in [0.15, 0.2) is 22.1 Å². The third-order valence-electron chi connectivity index (χ3n) is 4.35. The smallest absolute Gasteiger partial charge is 0.266 e. The summed E-state index contributed by atoms with van der Waals surface area (Å²) in [4.78, 5) is 11.8. The van der Waals surface area contributed by atoms with Crippen molar-refractivity contribution in [2.45, 2.75) is 70.8 Å². The summed E-state index contributed by atoms with van der Waals surface area (Å²) in [7, 11) is -3.72. The van der Waals surface area contributed by atoms with Gasteiger partial charge in [-0.05, 0) is 47.9 Å². The van der Waals surface area contributed by atoms with Crippen LogP contribution < -0.4 is 5.69 Å². The topological polar surface area (TPSA) is 84.8 Å². The molecule has 0 atom stereocenters. The second-order valence-corrected chi connectivity index (χ2v) is 9.44. The maximum absolute atomic E-state index is 12.9. The third kappa shape index (κ3) is 4.03. The van der Waals surface area contributed by atoms with Crippen molar-refractivity contribution in [3.63, 3.8) is 0 Å². The van der Waals surface area contributed by atoms with Gasteiger partial charge in [0.1, 0.15) is 0 Å². The molecule has 0 aliphatic carbocycles. The highest BCUT2D eigenvalue weighted by Crippen LogP contribution is 2.28. The number of aromatic amines is 1. The Kier molecular flexibility index (Phi) is 5.27. The number of nitrogens with zero attached hydrogens (tertiary/aromatic N) is 2. The molecule has 0 fully saturated rings. The van der Waals surface area contributed by atoms with Crippen LogP contribution in [0.3, 0.4) is 0 Å². The first-order chi connectivity index (χ1) is 11.5. The molecule has 1 heterocycles. The van der Waals surface area contributed by atoms with Gasteiger partial charge in [-0.25, -0.2) is 18.3 Å². The fourth-order valence-corrected chi connectivity index (χ4v) is 4.53. The maximum atomic E-state index is 12.9. The predicted octanol–water partition coefficient (Wildman–Crippen LogP) is 2.87. The number of aromatic nitrogens is 3. The highest BCUT2D eigenvalue weighted by Gasteiger charge is 2.26. The zero-order valence-electron chi connectivity index (χ0n) is 15.8. The first-order valence-electron chi connectivity index (χ1n) is 8.46. The lowest BCUT2D eigenvalue weighted by molar-refractivity contribution is 0.549. The van der Waals surface area contributed by atoms with E-state index < -0.39 is 15.5 Å². The van der Waals surface area contributed by atoms with Crippen LogP contribution in [0, 0.1) is 13.8 Å². The number of hydrogen-bond acceptors (Lipinski definition) is 4. The van der Waals surface area contributed by atoms with Crippen molar-refractivity contribution in [3.05, 3.63) is 44.9 Å². The van der Waals surface area contributed by atoms with Gasteiger partial charge < -0.3 is 0 Å². The molecule has 0 aliphatic heterocycles. The Balaban J connectivity index is 2.47. The van der Waals surface area contributed by atoms with Crippen LogP contribution in [-0.2, 0) is 27.5 Å². The van der Waals surface area contributed by atoms with E-state index in [0.29, 0.717) is 13.0 Å². The maximum Gasteiger partial charge on any atom is 0.344 e. The van der Waals surface area contributed by atoms with Gasteiger partial charge in [0.15, 0.2) is 0 Å². The van der Waals surface area contributed by atoms with Gasteiger partial charge in [0.2, 0.25) is 9.84 Å². The van der Waals surface area contributed by atoms with Crippen molar-refractivity contribution in [2.75, 3.05) is 0 Å². The Morgan fingerprint density at radius 3 is 2.20 bits per heavy atom. The molecule has 2 aromatic rings.